The van der Waals surface area contributed by atoms with Gasteiger partial charge in [0, 0.05) is 41.7 Å². The van der Waals surface area contributed by atoms with Crippen molar-refractivity contribution in [3.05, 3.63) is 53.7 Å². The molecule has 2 atom stereocenters. The Labute approximate surface area is 176 Å². The zero-order valence-corrected chi connectivity index (χ0v) is 17.0. The molecule has 0 radical (unpaired) electrons. The summed E-state index contributed by atoms with van der Waals surface area (Å²) in [6.45, 7) is 2.17. The minimum Gasteiger partial charge on any atom is -0.366 e. The second-order valence-electron chi connectivity index (χ2n) is 7.97. The summed E-state index contributed by atoms with van der Waals surface area (Å²) in [6.07, 6.45) is 6.93. The summed E-state index contributed by atoms with van der Waals surface area (Å²) in [5.41, 5.74) is 6.93. The Kier molecular flexibility index (Phi) is 5.16. The highest BCUT2D eigenvalue weighted by molar-refractivity contribution is 5.96. The molecule has 0 saturated heterocycles. The van der Waals surface area contributed by atoms with Crippen LogP contribution in [0.2, 0.25) is 0 Å². The van der Waals surface area contributed by atoms with Gasteiger partial charge in [0.05, 0.1) is 17.8 Å². The number of rotatable bonds is 7. The molecular weight excluding hydrogens is 406 g/mol. The lowest BCUT2D eigenvalue weighted by atomic mass is 10.0. The number of carbonyl (C=O) groups is 2. The molecule has 2 heterocycles. The van der Waals surface area contributed by atoms with Gasteiger partial charge in [-0.3, -0.25) is 14.3 Å². The standard InChI is InChI=1S/C21H22F2N6O2/c1-11(28-20(31)21(2,22)23)17(15-8-25-19(26-9-15)12-3-4-12)29-16-6-5-13(18(24)30)7-14(16)10-27-29/h5-12,17H,3-4H2,1-2H3,(H2,24,30)(H,28,31)/t11-,17-/m0/s1. The van der Waals surface area contributed by atoms with E-state index in [9.17, 15) is 18.4 Å². The van der Waals surface area contributed by atoms with Crippen LogP contribution in [-0.4, -0.2) is 43.5 Å². The number of carbonyl (C=O) groups excluding carboxylic acids is 2. The fourth-order valence-corrected chi connectivity index (χ4v) is 3.54. The molecule has 0 unspecified atom stereocenters. The SMILES string of the molecule is C[C@H](NC(=O)C(C)(F)F)[C@@H](c1cnc(C2CC2)nc1)n1ncc2cc(C(N)=O)ccc21. The number of primary amides is 1. The van der Waals surface area contributed by atoms with Crippen LogP contribution in [0, 0.1) is 0 Å². The van der Waals surface area contributed by atoms with Gasteiger partial charge in [0.25, 0.3) is 5.91 Å². The van der Waals surface area contributed by atoms with Crippen molar-refractivity contribution < 1.29 is 18.4 Å². The molecule has 2 amide bonds. The Morgan fingerprint density at radius 1 is 1.23 bits per heavy atom. The van der Waals surface area contributed by atoms with Crippen molar-refractivity contribution >= 4 is 22.7 Å². The van der Waals surface area contributed by atoms with Crippen molar-refractivity contribution in [1.82, 2.24) is 25.1 Å². The number of aromatic nitrogens is 4. The molecular formula is C21H22F2N6O2. The first-order chi connectivity index (χ1) is 14.6. The molecule has 0 bridgehead atoms. The zero-order chi connectivity index (χ0) is 22.3. The zero-order valence-electron chi connectivity index (χ0n) is 17.0. The summed E-state index contributed by atoms with van der Waals surface area (Å²) >= 11 is 0. The fourth-order valence-electron chi connectivity index (χ4n) is 3.54. The van der Waals surface area contributed by atoms with Crippen molar-refractivity contribution in [3.63, 3.8) is 0 Å². The van der Waals surface area contributed by atoms with E-state index >= 15 is 0 Å². The third-order valence-corrected chi connectivity index (χ3v) is 5.35. The summed E-state index contributed by atoms with van der Waals surface area (Å²) in [5, 5.41) is 7.42. The molecule has 0 spiro atoms. The van der Waals surface area contributed by atoms with E-state index in [1.165, 1.54) is 0 Å². The number of fused-ring (bicyclic) bond motifs is 1. The highest BCUT2D eigenvalue weighted by Gasteiger charge is 2.36. The highest BCUT2D eigenvalue weighted by atomic mass is 19.3. The molecule has 8 nitrogen and oxygen atoms in total. The molecule has 4 rings (SSSR count). The molecule has 1 aliphatic carbocycles. The number of amides is 2. The second kappa shape index (κ2) is 7.68. The summed E-state index contributed by atoms with van der Waals surface area (Å²) in [5.74, 6) is -4.36. The van der Waals surface area contributed by atoms with E-state index in [2.05, 4.69) is 20.4 Å². The van der Waals surface area contributed by atoms with Crippen LogP contribution in [0.15, 0.2) is 36.8 Å². The van der Waals surface area contributed by atoms with Crippen LogP contribution in [0.5, 0.6) is 0 Å². The molecule has 31 heavy (non-hydrogen) atoms. The van der Waals surface area contributed by atoms with E-state index in [-0.39, 0.29) is 0 Å². The van der Waals surface area contributed by atoms with Crippen molar-refractivity contribution in [1.29, 1.82) is 0 Å². The van der Waals surface area contributed by atoms with Gasteiger partial charge < -0.3 is 11.1 Å². The first kappa shape index (κ1) is 20.8. The highest BCUT2D eigenvalue weighted by Crippen LogP contribution is 2.38. The normalized spacial score (nSPS) is 16.1. The van der Waals surface area contributed by atoms with Crippen molar-refractivity contribution in [2.45, 2.75) is 50.6 Å². The largest absolute Gasteiger partial charge is 0.366 e. The van der Waals surface area contributed by atoms with Gasteiger partial charge in [0.15, 0.2) is 0 Å². The number of nitrogens with zero attached hydrogens (tertiary/aromatic N) is 4. The Bertz CT molecular complexity index is 1130. The predicted octanol–water partition coefficient (Wildman–Crippen LogP) is 2.55. The third kappa shape index (κ3) is 4.23. The second-order valence-corrected chi connectivity index (χ2v) is 7.97. The third-order valence-electron chi connectivity index (χ3n) is 5.35. The molecule has 10 heteroatoms. The maximum atomic E-state index is 13.5. The number of alkyl halides is 2. The molecule has 162 valence electrons. The van der Waals surface area contributed by atoms with Crippen LogP contribution < -0.4 is 11.1 Å². The van der Waals surface area contributed by atoms with Crippen molar-refractivity contribution in [3.8, 4) is 0 Å². The number of hydrogen-bond donors (Lipinski definition) is 2. The lowest BCUT2D eigenvalue weighted by Crippen LogP contribution is -2.46. The van der Waals surface area contributed by atoms with Gasteiger partial charge in [0.2, 0.25) is 5.91 Å². The average Bonchev–Trinajstić information content (AvgIpc) is 3.48. The van der Waals surface area contributed by atoms with Gasteiger partial charge in [-0.2, -0.15) is 13.9 Å². The monoisotopic (exact) mass is 428 g/mol. The molecule has 1 aliphatic rings. The van der Waals surface area contributed by atoms with Crippen LogP contribution in [0.3, 0.4) is 0 Å². The quantitative estimate of drug-likeness (QED) is 0.600. The van der Waals surface area contributed by atoms with Crippen molar-refractivity contribution in [2.75, 3.05) is 0 Å². The lowest BCUT2D eigenvalue weighted by Gasteiger charge is -2.27. The molecule has 1 fully saturated rings. The van der Waals surface area contributed by atoms with E-state index in [0.29, 0.717) is 34.9 Å². The predicted molar refractivity (Wildman–Crippen MR) is 109 cm³/mol. The smallest absolute Gasteiger partial charge is 0.321 e. The topological polar surface area (TPSA) is 116 Å². The van der Waals surface area contributed by atoms with Crippen molar-refractivity contribution in [2.24, 2.45) is 5.73 Å². The number of nitrogens with one attached hydrogen (secondary N) is 1. The number of benzene rings is 1. The Balaban J connectivity index is 1.75. The van der Waals surface area contributed by atoms with Crippen LogP contribution in [-0.2, 0) is 4.79 Å². The van der Waals surface area contributed by atoms with Crippen LogP contribution in [0.1, 0.15) is 60.4 Å². The first-order valence-corrected chi connectivity index (χ1v) is 9.93. The summed E-state index contributed by atoms with van der Waals surface area (Å²) in [7, 11) is 0. The summed E-state index contributed by atoms with van der Waals surface area (Å²) in [4.78, 5) is 32.3. The van der Waals surface area contributed by atoms with Gasteiger partial charge in [-0.25, -0.2) is 9.97 Å². The van der Waals surface area contributed by atoms with E-state index in [4.69, 9.17) is 5.73 Å². The van der Waals surface area contributed by atoms with Gasteiger partial charge in [-0.1, -0.05) is 0 Å². The van der Waals surface area contributed by atoms with E-state index in [1.807, 2.05) is 0 Å². The Morgan fingerprint density at radius 2 is 1.90 bits per heavy atom. The van der Waals surface area contributed by atoms with Gasteiger partial charge in [0.1, 0.15) is 11.9 Å². The minimum atomic E-state index is -3.52. The maximum absolute atomic E-state index is 13.5. The molecule has 3 aromatic rings. The fraction of sp³-hybridized carbons (Fsp3) is 0.381. The van der Waals surface area contributed by atoms with E-state index in [1.54, 1.807) is 48.4 Å². The Hall–Kier alpha value is -3.43. The van der Waals surface area contributed by atoms with E-state index in [0.717, 1.165) is 18.7 Å². The van der Waals surface area contributed by atoms with Gasteiger partial charge >= 0.3 is 5.92 Å². The maximum Gasteiger partial charge on any atom is 0.321 e. The summed E-state index contributed by atoms with van der Waals surface area (Å²) < 4.78 is 28.6. The first-order valence-electron chi connectivity index (χ1n) is 9.93. The Morgan fingerprint density at radius 3 is 2.48 bits per heavy atom. The van der Waals surface area contributed by atoms with Crippen LogP contribution >= 0.6 is 0 Å². The molecule has 0 aliphatic heterocycles. The van der Waals surface area contributed by atoms with E-state index < -0.39 is 29.8 Å². The molecule has 1 saturated carbocycles. The van der Waals surface area contributed by atoms with Crippen LogP contribution in [0.4, 0.5) is 8.78 Å². The minimum absolute atomic E-state index is 0.327. The van der Waals surface area contributed by atoms with Gasteiger partial charge in [-0.05, 0) is 38.0 Å². The lowest BCUT2D eigenvalue weighted by molar-refractivity contribution is -0.143. The van der Waals surface area contributed by atoms with Crippen LogP contribution in [0.25, 0.3) is 10.9 Å². The van der Waals surface area contributed by atoms with Gasteiger partial charge in [-0.15, -0.1) is 0 Å². The number of hydrogen-bond acceptors (Lipinski definition) is 5. The molecule has 1 aromatic carbocycles. The average molecular weight is 428 g/mol. The number of nitrogens with two attached hydrogens (primary N) is 1. The molecule has 2 aromatic heterocycles. The summed E-state index contributed by atoms with van der Waals surface area (Å²) in [6, 6.07) is 3.44. The number of halogens is 2. The molecule has 3 N–H and O–H groups in total.